The number of halogens is 2. The molecule has 3 aromatic carbocycles. The molecule has 0 aromatic heterocycles. The van der Waals surface area contributed by atoms with Crippen LogP contribution in [0.15, 0.2) is 66.7 Å². The van der Waals surface area contributed by atoms with E-state index in [2.05, 4.69) is 0 Å². The largest absolute Gasteiger partial charge is 0.443 e. The highest BCUT2D eigenvalue weighted by atomic mass is 19.1. The van der Waals surface area contributed by atoms with Crippen LogP contribution in [0.4, 0.5) is 25.0 Å². The average Bonchev–Trinajstić information content (AvgIpc) is 2.68. The number of nitrogen functional groups attached to an aromatic ring is 1. The molecule has 0 radical (unpaired) electrons. The maximum atomic E-state index is 15.6. The van der Waals surface area contributed by atoms with Gasteiger partial charge in [0.2, 0.25) is 0 Å². The van der Waals surface area contributed by atoms with Crippen LogP contribution >= 0.6 is 0 Å². The molecular weight excluding hydrogens is 386 g/mol. The number of hydrogen-bond acceptors (Lipinski definition) is 3. The van der Waals surface area contributed by atoms with Crippen molar-refractivity contribution in [2.75, 3.05) is 10.6 Å². The van der Waals surface area contributed by atoms with E-state index in [-0.39, 0.29) is 23.5 Å². The van der Waals surface area contributed by atoms with E-state index >= 15 is 4.39 Å². The molecule has 2 N–H and O–H groups in total. The van der Waals surface area contributed by atoms with E-state index in [4.69, 9.17) is 10.5 Å². The summed E-state index contributed by atoms with van der Waals surface area (Å²) >= 11 is 0. The lowest BCUT2D eigenvalue weighted by molar-refractivity contribution is 0.0576. The van der Waals surface area contributed by atoms with Crippen LogP contribution in [-0.2, 0) is 11.3 Å². The van der Waals surface area contributed by atoms with Crippen molar-refractivity contribution in [2.45, 2.75) is 32.9 Å². The first kappa shape index (κ1) is 21.3. The number of carbonyl (C=O) groups is 1. The van der Waals surface area contributed by atoms with Gasteiger partial charge in [0, 0.05) is 11.3 Å². The van der Waals surface area contributed by atoms with Crippen molar-refractivity contribution in [3.63, 3.8) is 0 Å². The summed E-state index contributed by atoms with van der Waals surface area (Å²) in [7, 11) is 0. The van der Waals surface area contributed by atoms with Crippen LogP contribution < -0.4 is 10.6 Å². The summed E-state index contributed by atoms with van der Waals surface area (Å²) in [4.78, 5) is 14.1. The second-order valence-corrected chi connectivity index (χ2v) is 7.92. The number of nitrogens with zero attached hydrogens (tertiary/aromatic N) is 1. The predicted octanol–water partition coefficient (Wildman–Crippen LogP) is 6.16. The van der Waals surface area contributed by atoms with Crippen molar-refractivity contribution in [2.24, 2.45) is 0 Å². The van der Waals surface area contributed by atoms with Gasteiger partial charge in [0.1, 0.15) is 11.4 Å². The number of ether oxygens (including phenoxy) is 1. The van der Waals surface area contributed by atoms with Crippen molar-refractivity contribution in [1.29, 1.82) is 0 Å². The Morgan fingerprint density at radius 2 is 1.60 bits per heavy atom. The number of carbonyl (C=O) groups excluding carboxylic acids is 1. The van der Waals surface area contributed by atoms with Crippen LogP contribution in [0.5, 0.6) is 0 Å². The molecular formula is C24H24F2N2O2. The second kappa shape index (κ2) is 8.53. The lowest BCUT2D eigenvalue weighted by atomic mass is 10.0. The van der Waals surface area contributed by atoms with Crippen LogP contribution in [0.1, 0.15) is 26.3 Å². The fourth-order valence-electron chi connectivity index (χ4n) is 3.02. The average molecular weight is 410 g/mol. The van der Waals surface area contributed by atoms with Gasteiger partial charge in [-0.3, -0.25) is 4.90 Å². The van der Waals surface area contributed by atoms with Gasteiger partial charge in [-0.15, -0.1) is 0 Å². The molecule has 6 heteroatoms. The molecule has 0 bridgehead atoms. The molecule has 1 amide bonds. The maximum absolute atomic E-state index is 15.6. The molecule has 0 aliphatic rings. The van der Waals surface area contributed by atoms with Crippen LogP contribution in [0.3, 0.4) is 0 Å². The van der Waals surface area contributed by atoms with Gasteiger partial charge < -0.3 is 10.5 Å². The molecule has 0 aliphatic heterocycles. The Kier molecular flexibility index (Phi) is 6.06. The van der Waals surface area contributed by atoms with Gasteiger partial charge in [-0.25, -0.2) is 13.6 Å². The van der Waals surface area contributed by atoms with Crippen molar-refractivity contribution in [3.8, 4) is 11.1 Å². The molecule has 0 spiro atoms. The molecule has 156 valence electrons. The van der Waals surface area contributed by atoms with Crippen LogP contribution in [-0.4, -0.2) is 11.7 Å². The smallest absolute Gasteiger partial charge is 0.415 e. The Morgan fingerprint density at radius 3 is 2.20 bits per heavy atom. The molecule has 30 heavy (non-hydrogen) atoms. The van der Waals surface area contributed by atoms with E-state index in [0.717, 1.165) is 0 Å². The van der Waals surface area contributed by atoms with Crippen molar-refractivity contribution >= 4 is 17.5 Å². The van der Waals surface area contributed by atoms with Crippen LogP contribution in [0, 0.1) is 11.6 Å². The SMILES string of the molecule is CC(C)(C)OC(=O)N(Cc1ccc(F)cc1)c1ccc(N)c(-c2ccccc2)c1F. The van der Waals surface area contributed by atoms with Gasteiger partial charge >= 0.3 is 6.09 Å². The minimum Gasteiger partial charge on any atom is -0.443 e. The third-order valence-corrected chi connectivity index (χ3v) is 4.37. The topological polar surface area (TPSA) is 55.6 Å². The summed E-state index contributed by atoms with van der Waals surface area (Å²) in [6.07, 6.45) is -0.713. The van der Waals surface area contributed by atoms with Crippen molar-refractivity contribution in [1.82, 2.24) is 0 Å². The van der Waals surface area contributed by atoms with Gasteiger partial charge in [0.15, 0.2) is 5.82 Å². The van der Waals surface area contributed by atoms with Crippen molar-refractivity contribution < 1.29 is 18.3 Å². The molecule has 0 saturated heterocycles. The van der Waals surface area contributed by atoms with E-state index < -0.39 is 23.3 Å². The number of anilines is 2. The van der Waals surface area contributed by atoms with Crippen LogP contribution in [0.2, 0.25) is 0 Å². The molecule has 0 fully saturated rings. The Bertz CT molecular complexity index is 1030. The Labute approximate surface area is 174 Å². The third kappa shape index (κ3) is 4.95. The first-order valence-corrected chi connectivity index (χ1v) is 9.54. The minimum absolute atomic E-state index is 0.00423. The Morgan fingerprint density at radius 1 is 0.967 bits per heavy atom. The maximum Gasteiger partial charge on any atom is 0.415 e. The highest BCUT2D eigenvalue weighted by molar-refractivity contribution is 5.91. The van der Waals surface area contributed by atoms with E-state index in [0.29, 0.717) is 11.1 Å². The standard InChI is InChI=1S/C24H24F2N2O2/c1-24(2,3)30-23(29)28(15-16-9-11-18(25)12-10-16)20-14-13-19(27)21(22(20)26)17-7-5-4-6-8-17/h4-14H,15,27H2,1-3H3. The monoisotopic (exact) mass is 410 g/mol. The molecule has 0 aliphatic carbocycles. The summed E-state index contributed by atoms with van der Waals surface area (Å²) in [5.74, 6) is -1.03. The van der Waals surface area contributed by atoms with E-state index in [1.54, 1.807) is 63.2 Å². The number of amides is 1. The molecule has 0 unspecified atom stereocenters. The summed E-state index contributed by atoms with van der Waals surface area (Å²) in [6.45, 7) is 5.20. The fraction of sp³-hybridized carbons (Fsp3) is 0.208. The zero-order chi connectivity index (χ0) is 21.9. The van der Waals surface area contributed by atoms with E-state index in [1.807, 2.05) is 6.07 Å². The van der Waals surface area contributed by atoms with E-state index in [1.165, 1.54) is 23.1 Å². The Balaban J connectivity index is 2.08. The summed E-state index contributed by atoms with van der Waals surface area (Å²) in [5, 5.41) is 0. The number of nitrogens with two attached hydrogens (primary N) is 1. The highest BCUT2D eigenvalue weighted by Gasteiger charge is 2.27. The number of rotatable bonds is 4. The van der Waals surface area contributed by atoms with Crippen LogP contribution in [0.25, 0.3) is 11.1 Å². The fourth-order valence-corrected chi connectivity index (χ4v) is 3.02. The zero-order valence-corrected chi connectivity index (χ0v) is 17.2. The minimum atomic E-state index is -0.773. The normalized spacial score (nSPS) is 11.2. The van der Waals surface area contributed by atoms with Gasteiger partial charge in [-0.1, -0.05) is 42.5 Å². The summed E-state index contributed by atoms with van der Waals surface area (Å²) < 4.78 is 34.4. The first-order valence-electron chi connectivity index (χ1n) is 9.54. The number of hydrogen-bond donors (Lipinski definition) is 1. The Hall–Kier alpha value is -3.41. The molecule has 0 heterocycles. The molecule has 4 nitrogen and oxygen atoms in total. The van der Waals surface area contributed by atoms with Crippen molar-refractivity contribution in [3.05, 3.63) is 83.9 Å². The zero-order valence-electron chi connectivity index (χ0n) is 17.2. The highest BCUT2D eigenvalue weighted by Crippen LogP contribution is 2.35. The number of benzene rings is 3. The summed E-state index contributed by atoms with van der Waals surface area (Å²) in [6, 6.07) is 17.5. The molecule has 3 aromatic rings. The van der Waals surface area contributed by atoms with Gasteiger partial charge in [-0.05, 0) is 56.2 Å². The first-order chi connectivity index (χ1) is 14.2. The third-order valence-electron chi connectivity index (χ3n) is 4.37. The summed E-state index contributed by atoms with van der Waals surface area (Å²) in [5.41, 5.74) is 7.00. The van der Waals surface area contributed by atoms with Gasteiger partial charge in [0.25, 0.3) is 0 Å². The lowest BCUT2D eigenvalue weighted by Gasteiger charge is -2.28. The van der Waals surface area contributed by atoms with Gasteiger partial charge in [-0.2, -0.15) is 0 Å². The molecule has 0 saturated carbocycles. The molecule has 0 atom stereocenters. The van der Waals surface area contributed by atoms with Gasteiger partial charge in [0.05, 0.1) is 12.2 Å². The second-order valence-electron chi connectivity index (χ2n) is 7.92. The lowest BCUT2D eigenvalue weighted by Crippen LogP contribution is -2.37. The van der Waals surface area contributed by atoms with E-state index in [9.17, 15) is 9.18 Å². The predicted molar refractivity (Wildman–Crippen MR) is 115 cm³/mol. The molecule has 3 rings (SSSR count). The quantitative estimate of drug-likeness (QED) is 0.525.